The van der Waals surface area contributed by atoms with Crippen LogP contribution >= 0.6 is 0 Å². The van der Waals surface area contributed by atoms with Gasteiger partial charge in [0.05, 0.1) is 43.0 Å². The van der Waals surface area contributed by atoms with E-state index in [9.17, 15) is 27.2 Å². The molecule has 10 nitrogen and oxygen atoms in total. The fourth-order valence-corrected chi connectivity index (χ4v) is 4.83. The molecule has 47 heavy (non-hydrogen) atoms. The maximum Gasteiger partial charge on any atom is 0.425 e. The average Bonchev–Trinajstić information content (AvgIpc) is 3.42. The molecule has 2 heterocycles. The van der Waals surface area contributed by atoms with Gasteiger partial charge in [-0.2, -0.15) is 18.3 Å². The first-order valence-electron chi connectivity index (χ1n) is 14.2. The lowest BCUT2D eigenvalue weighted by molar-refractivity contribution is -0.189. The quantitative estimate of drug-likeness (QED) is 0.176. The monoisotopic (exact) mass is 651 g/mol. The minimum absolute atomic E-state index is 0.0146. The lowest BCUT2D eigenvalue weighted by Crippen LogP contribution is -2.31. The van der Waals surface area contributed by atoms with E-state index >= 15 is 0 Å². The van der Waals surface area contributed by atoms with E-state index in [4.69, 9.17) is 19.9 Å². The Balaban J connectivity index is 1.56. The third-order valence-electron chi connectivity index (χ3n) is 7.33. The highest BCUT2D eigenvalue weighted by Gasteiger charge is 2.39. The van der Waals surface area contributed by atoms with Gasteiger partial charge >= 0.3 is 6.18 Å². The molecule has 5 aromatic rings. The van der Waals surface area contributed by atoms with Crippen molar-refractivity contribution in [2.45, 2.75) is 32.3 Å². The van der Waals surface area contributed by atoms with E-state index in [1.165, 1.54) is 31.0 Å². The molecule has 244 valence electrons. The Morgan fingerprint density at radius 3 is 2.26 bits per heavy atom. The molecule has 0 aliphatic carbocycles. The van der Waals surface area contributed by atoms with Crippen molar-refractivity contribution in [3.05, 3.63) is 101 Å². The molecule has 1 unspecified atom stereocenters. The molecule has 1 atom stereocenters. The number of fused-ring (bicyclic) bond motifs is 1. The van der Waals surface area contributed by atoms with Crippen molar-refractivity contribution in [3.8, 4) is 28.6 Å². The largest absolute Gasteiger partial charge is 0.497 e. The van der Waals surface area contributed by atoms with Gasteiger partial charge < -0.3 is 25.3 Å². The Labute approximate surface area is 266 Å². The third-order valence-corrected chi connectivity index (χ3v) is 7.33. The summed E-state index contributed by atoms with van der Waals surface area (Å²) in [6.07, 6.45) is -5.88. The number of nitrogens with two attached hydrogens (primary N) is 1. The Hall–Kier alpha value is -5.66. The Kier molecular flexibility index (Phi) is 9.31. The van der Waals surface area contributed by atoms with Crippen LogP contribution in [0.25, 0.3) is 22.2 Å². The summed E-state index contributed by atoms with van der Waals surface area (Å²) in [6.45, 7) is 1.06. The summed E-state index contributed by atoms with van der Waals surface area (Å²) >= 11 is 0. The fraction of sp³-hybridized carbons (Fsp3) is 0.212. The minimum Gasteiger partial charge on any atom is -0.497 e. The second kappa shape index (κ2) is 13.4. The number of benzene rings is 3. The zero-order valence-corrected chi connectivity index (χ0v) is 25.4. The lowest BCUT2D eigenvalue weighted by atomic mass is 10.0. The molecule has 2 aromatic heterocycles. The molecule has 0 spiro atoms. The van der Waals surface area contributed by atoms with Gasteiger partial charge in [0, 0.05) is 18.3 Å². The summed E-state index contributed by atoms with van der Waals surface area (Å²) < 4.78 is 71.7. The smallest absolute Gasteiger partial charge is 0.425 e. The molecule has 3 N–H and O–H groups in total. The number of nitrogens with one attached hydrogen (secondary N) is 1. The number of amides is 2. The lowest BCUT2D eigenvalue weighted by Gasteiger charge is -2.18. The third kappa shape index (κ3) is 7.11. The molecule has 0 saturated carbocycles. The van der Waals surface area contributed by atoms with Crippen molar-refractivity contribution < 1.29 is 41.4 Å². The zero-order chi connectivity index (χ0) is 33.9. The van der Waals surface area contributed by atoms with Crippen molar-refractivity contribution in [3.63, 3.8) is 0 Å². The molecule has 2 amide bonds. The van der Waals surface area contributed by atoms with Gasteiger partial charge in [-0.3, -0.25) is 14.3 Å². The number of pyridine rings is 1. The molecule has 0 fully saturated rings. The number of halogens is 4. The van der Waals surface area contributed by atoms with Crippen LogP contribution in [0, 0.1) is 5.82 Å². The number of rotatable bonds is 11. The van der Waals surface area contributed by atoms with Gasteiger partial charge in [0.15, 0.2) is 6.10 Å². The predicted octanol–water partition coefficient (Wildman–Crippen LogP) is 5.66. The van der Waals surface area contributed by atoms with E-state index in [0.29, 0.717) is 22.6 Å². The van der Waals surface area contributed by atoms with Crippen LogP contribution in [-0.2, 0) is 13.1 Å². The van der Waals surface area contributed by atoms with Crippen LogP contribution in [0.2, 0.25) is 0 Å². The number of nitrogens with zero attached hydrogens (tertiary/aromatic N) is 3. The van der Waals surface area contributed by atoms with Gasteiger partial charge in [-0.1, -0.05) is 36.4 Å². The molecule has 0 radical (unpaired) electrons. The molecule has 0 aliphatic rings. The second-order valence-electron chi connectivity index (χ2n) is 10.4. The van der Waals surface area contributed by atoms with Crippen molar-refractivity contribution in [1.82, 2.24) is 20.1 Å². The number of hydrogen-bond donors (Lipinski definition) is 2. The van der Waals surface area contributed by atoms with Crippen LogP contribution in [-0.4, -0.2) is 53.1 Å². The molecule has 14 heteroatoms. The van der Waals surface area contributed by atoms with Gasteiger partial charge in [0.25, 0.3) is 11.8 Å². The highest BCUT2D eigenvalue weighted by Crippen LogP contribution is 2.38. The number of carbonyl (C=O) groups excluding carboxylic acids is 2. The van der Waals surface area contributed by atoms with Crippen LogP contribution in [0.15, 0.2) is 72.9 Å². The molecular weight excluding hydrogens is 622 g/mol. The summed E-state index contributed by atoms with van der Waals surface area (Å²) in [5.41, 5.74) is 7.77. The Morgan fingerprint density at radius 2 is 1.64 bits per heavy atom. The van der Waals surface area contributed by atoms with Gasteiger partial charge in [-0.05, 0) is 48.4 Å². The molecule has 3 aromatic carbocycles. The standard InChI is InChI=1S/C33H29F4N5O5/c1-18(33(35,36)37)47-32-27-28(25(16-40-32)30(38)43)41-42(17-20-6-11-23(45-2)12-7-20)29(27)21-8-4-19(5-9-21)15-39-31(44)24-14-22(34)10-13-26(24)46-3/h4-14,16,18H,15,17H2,1-3H3,(H2,38,43)(H,39,44). The number of hydrogen-bond acceptors (Lipinski definition) is 7. The van der Waals surface area contributed by atoms with E-state index < -0.39 is 29.9 Å². The topological polar surface area (TPSA) is 131 Å². The summed E-state index contributed by atoms with van der Waals surface area (Å²) in [6, 6.07) is 17.4. The fourth-order valence-electron chi connectivity index (χ4n) is 4.83. The van der Waals surface area contributed by atoms with Gasteiger partial charge in [0.1, 0.15) is 22.8 Å². The van der Waals surface area contributed by atoms with Gasteiger partial charge in [-0.25, -0.2) is 9.37 Å². The predicted molar refractivity (Wildman–Crippen MR) is 164 cm³/mol. The van der Waals surface area contributed by atoms with E-state index in [0.717, 1.165) is 24.8 Å². The van der Waals surface area contributed by atoms with E-state index in [1.54, 1.807) is 48.5 Å². The molecule has 0 saturated heterocycles. The first-order chi connectivity index (χ1) is 22.4. The van der Waals surface area contributed by atoms with Gasteiger partial charge in [-0.15, -0.1) is 0 Å². The number of ether oxygens (including phenoxy) is 3. The highest BCUT2D eigenvalue weighted by atomic mass is 19.4. The number of methoxy groups -OCH3 is 2. The maximum atomic E-state index is 13.8. The Morgan fingerprint density at radius 1 is 0.957 bits per heavy atom. The van der Waals surface area contributed by atoms with E-state index in [-0.39, 0.29) is 46.7 Å². The summed E-state index contributed by atoms with van der Waals surface area (Å²) in [4.78, 5) is 29.2. The van der Waals surface area contributed by atoms with Crippen LogP contribution in [0.4, 0.5) is 17.6 Å². The van der Waals surface area contributed by atoms with Gasteiger partial charge in [0.2, 0.25) is 5.88 Å². The molecule has 0 bridgehead atoms. The van der Waals surface area contributed by atoms with E-state index in [2.05, 4.69) is 15.4 Å². The number of primary amides is 1. The first-order valence-corrected chi connectivity index (χ1v) is 14.2. The Bertz CT molecular complexity index is 1930. The second-order valence-corrected chi connectivity index (χ2v) is 10.4. The van der Waals surface area contributed by atoms with Crippen molar-refractivity contribution in [2.24, 2.45) is 5.73 Å². The van der Waals surface area contributed by atoms with Crippen molar-refractivity contribution in [1.29, 1.82) is 0 Å². The maximum absolute atomic E-state index is 13.8. The summed E-state index contributed by atoms with van der Waals surface area (Å²) in [7, 11) is 2.90. The number of alkyl halides is 3. The SMILES string of the molecule is COc1ccc(Cn2nc3c(C(N)=O)cnc(OC(C)C(F)(F)F)c3c2-c2ccc(CNC(=O)c3cc(F)ccc3OC)cc2)cc1. The zero-order valence-electron chi connectivity index (χ0n) is 25.4. The van der Waals surface area contributed by atoms with Crippen LogP contribution in [0.1, 0.15) is 38.8 Å². The normalized spacial score (nSPS) is 12.1. The van der Waals surface area contributed by atoms with Crippen molar-refractivity contribution >= 4 is 22.7 Å². The highest BCUT2D eigenvalue weighted by molar-refractivity contribution is 6.09. The average molecular weight is 652 g/mol. The minimum atomic E-state index is -4.70. The van der Waals surface area contributed by atoms with Crippen LogP contribution < -0.4 is 25.3 Å². The van der Waals surface area contributed by atoms with Crippen LogP contribution in [0.3, 0.4) is 0 Å². The van der Waals surface area contributed by atoms with E-state index in [1.807, 2.05) is 0 Å². The number of carbonyl (C=O) groups is 2. The van der Waals surface area contributed by atoms with Crippen molar-refractivity contribution in [2.75, 3.05) is 14.2 Å². The number of aromatic nitrogens is 3. The molecule has 0 aliphatic heterocycles. The first kappa shape index (κ1) is 32.7. The molecule has 5 rings (SSSR count). The summed E-state index contributed by atoms with van der Waals surface area (Å²) in [5.74, 6) is -1.58. The van der Waals surface area contributed by atoms with Crippen LogP contribution in [0.5, 0.6) is 17.4 Å². The summed E-state index contributed by atoms with van der Waals surface area (Å²) in [5, 5.41) is 7.38. The molecular formula is C33H29F4N5O5.